The Morgan fingerprint density at radius 3 is 0.969 bits per heavy atom. The van der Waals surface area contributed by atoms with Gasteiger partial charge in [-0.3, -0.25) is 63.8 Å². The van der Waals surface area contributed by atoms with Crippen molar-refractivity contribution in [1.82, 2.24) is 41.7 Å². The number of carbonyl (C=O) groups is 10. The Labute approximate surface area is 889 Å². The van der Waals surface area contributed by atoms with Crippen LogP contribution in [0.1, 0.15) is 142 Å². The summed E-state index contributed by atoms with van der Waals surface area (Å²) in [6, 6.07) is -2.86. The lowest BCUT2D eigenvalue weighted by Gasteiger charge is -2.59. The van der Waals surface area contributed by atoms with Crippen LogP contribution < -0.4 is 26.9 Å². The smallest absolute Gasteiger partial charge is 0.261 e. The van der Waals surface area contributed by atoms with E-state index in [0.29, 0.717) is 38.9 Å². The molecule has 0 aromatic carbocycles. The summed E-state index contributed by atoms with van der Waals surface area (Å²) in [5, 5.41) is 6.18. The van der Waals surface area contributed by atoms with Gasteiger partial charge in [0.1, 0.15) is 41.6 Å². The second-order valence-electron chi connectivity index (χ2n) is 32.5. The zero-order chi connectivity index (χ0) is 99.0. The monoisotopic (exact) mass is 2900 g/mol. The SMILES string of the molecule is C.CC(=O)N[C@H](C(=O)N1C[C@H]2[C@@H]([C@H]1C(=O)NN(C[C@@H]1CCCCC1=O)C(=O)CCl)C2(C)C)C(C)(C)C.CC(=O)N[C@H](C(=O)N1C[C@H]2[C@@H]([C@H]1C(=O)NNC[C@@H]1CCCCC1=O)C2(C)C)C(C)(C)C.O=C(Cl)CCl.PPP(P(P)P)P(P(P)P)P(P(P(P(P)P)P(P)P)P(P(P)P)P(P)P)P(P(P(P(P)P)P(P)P)P(P(P)P)P(P)P)P(P(P(P)P)P(P)P)P(P(P)P)P(P)P. The molecule has 78 heteroatoms. The van der Waals surface area contributed by atoms with Gasteiger partial charge in [-0.1, -0.05) is 97.5 Å². The van der Waals surface area contributed by atoms with E-state index < -0.39 is 52.1 Å². The van der Waals surface area contributed by atoms with Gasteiger partial charge in [0.15, 0.2) is 0 Å². The fourth-order valence-electron chi connectivity index (χ4n) is 14.6. The molecular weight excluding hydrogens is 2760 g/mol. The van der Waals surface area contributed by atoms with Crippen molar-refractivity contribution in [3.8, 4) is 0 Å². The Bertz CT molecular complexity index is 3470. The lowest BCUT2D eigenvalue weighted by atomic mass is 9.85. The normalized spacial score (nSPS) is 22.4. The number of hydrogen-bond acceptors (Lipinski definition) is 11. The first-order valence-electron chi connectivity index (χ1n) is 37.9. The maximum Gasteiger partial charge on any atom is 0.261 e. The highest BCUT2D eigenvalue weighted by molar-refractivity contribution is 9.53. The van der Waals surface area contributed by atoms with E-state index >= 15 is 0 Å². The van der Waals surface area contributed by atoms with Gasteiger partial charge in [0.2, 0.25) is 28.9 Å². The molecule has 7 amide bonds. The van der Waals surface area contributed by atoms with Crippen molar-refractivity contribution in [2.45, 2.75) is 166 Å². The van der Waals surface area contributed by atoms with Crippen LogP contribution in [0.5, 0.6) is 0 Å². The van der Waals surface area contributed by atoms with E-state index in [1.165, 1.54) is 13.8 Å². The van der Waals surface area contributed by atoms with Gasteiger partial charge >= 0.3 is 0 Å². The number of alkyl halides is 2. The molecule has 6 aliphatic rings. The van der Waals surface area contributed by atoms with Crippen molar-refractivity contribution in [1.29, 1.82) is 0 Å². The Morgan fingerprint density at radius 1 is 0.442 bits per heavy atom. The number of hydrogen-bond donors (Lipinski definition) is 5. The van der Waals surface area contributed by atoms with Gasteiger partial charge in [-0.05, 0) is 271 Å². The Hall–Kier alpha value is 20.6. The third-order valence-electron chi connectivity index (χ3n) is 20.5. The summed E-state index contributed by atoms with van der Waals surface area (Å²) in [4.78, 5) is 127. The van der Waals surface area contributed by atoms with E-state index in [4.69, 9.17) is 34.8 Å². The Balaban J connectivity index is 0.000000668. The standard InChI is InChI=1S/C25H39ClN4O5.C23H38N4O4.C2H2Cl2O.CH4.H59P57/c1-14(31)27-21(24(2,3)4)23(35)29-13-16-19(25(16,5)6)20(29)22(34)28-30(18(33)11-26)12-15-9-7-8-10-17(15)32;1-13(28)25-19(22(2,3)4)21(31)27-12-15-17(23(15,5)6)18(27)20(30)26-24-11-14-9-7-8-10-16(14)29;3-1-2(4)5;;1-30-45(31(2)3)52(44(28)29)56(53(46(32(4)5)33(6)7)47(34(8)9)35(10)11)57(54(48(36(12)13)37(14)15)49(38(16)17)39(18)19)55(50(40(20)21)41(22)23)51(42(24)25)43(26)27/h15-16,19-21H,7-13H2,1-6H3,(H,27,31)(H,28,34);14-15,17-19,24H,7-12H2,1-6H3,(H,25,28)(H,26,30);1H2;1H4;30H,1-29H2/t15-,16-,19-,20-,21+;14-,15-,17-,18-,19+;;;/m00.../s1. The Kier molecular flexibility index (Phi) is 79.4. The first-order valence-corrected chi connectivity index (χ1v) is 143. The number of ketones is 2. The number of nitrogens with zero attached hydrogens (tertiary/aromatic N) is 3. The topological polar surface area (TPSA) is 241 Å². The number of fused-ring (bicyclic) bond motifs is 2. The molecule has 6 fully saturated rings. The number of nitrogens with one attached hydrogen (secondary N) is 5. The molecule has 4 aliphatic carbocycles. The van der Waals surface area contributed by atoms with E-state index in [1.807, 2.05) is 41.5 Å². The highest BCUT2D eigenvalue weighted by atomic mass is 35.5. The lowest BCUT2D eigenvalue weighted by molar-refractivity contribution is -0.150. The predicted octanol–water partition coefficient (Wildman–Crippen LogP) is 38.2. The molecule has 33 unspecified atom stereocenters. The third kappa shape index (κ3) is 45.0. The van der Waals surface area contributed by atoms with Crippen LogP contribution >= 0.6 is 490 Å². The number of carbonyl (C=O) groups excluding carboxylic acids is 10. The summed E-state index contributed by atoms with van der Waals surface area (Å²) < 4.78 is 0. The number of halogens is 3. The van der Waals surface area contributed by atoms with Gasteiger partial charge in [-0.25, -0.2) is 5.43 Å². The van der Waals surface area contributed by atoms with Gasteiger partial charge in [-0.15, -0.1) is 282 Å². The number of hydrazine groups is 2. The van der Waals surface area contributed by atoms with Crippen LogP contribution in [0.2, 0.25) is 0 Å². The van der Waals surface area contributed by atoms with Gasteiger partial charge in [0.25, 0.3) is 17.7 Å². The minimum atomic E-state index is -0.795. The van der Waals surface area contributed by atoms with Crippen LogP contribution in [0.3, 0.4) is 0 Å². The van der Waals surface area contributed by atoms with Crippen LogP contribution in [0.4, 0.5) is 0 Å². The first kappa shape index (κ1) is 146. The molecule has 0 spiro atoms. The average molecular weight is 2900 g/mol. The molecule has 5 N–H and O–H groups in total. The second-order valence-corrected chi connectivity index (χ2v) is 266. The van der Waals surface area contributed by atoms with Crippen molar-refractivity contribution < 1.29 is 47.9 Å². The highest BCUT2D eigenvalue weighted by Gasteiger charge is 2.72. The van der Waals surface area contributed by atoms with E-state index in [0.717, 1.165) is 45.1 Å². The molecule has 2 aliphatic heterocycles. The number of piperidine rings is 2. The van der Waals surface area contributed by atoms with E-state index in [2.05, 4.69) is 314 Å². The first-order chi connectivity index (χ1) is 58.8. The molecule has 752 valence electrons. The molecule has 6 rings (SSSR count). The number of likely N-dealkylation sites (tertiary alicyclic amines) is 2. The molecule has 18 nitrogen and oxygen atoms in total. The molecule has 4 saturated carbocycles. The largest absolute Gasteiger partial charge is 0.344 e. The molecule has 129 heavy (non-hydrogen) atoms. The predicted molar refractivity (Wildman–Crippen MR) is 752 cm³/mol. The number of amides is 7. The van der Waals surface area contributed by atoms with E-state index in [9.17, 15) is 47.9 Å². The van der Waals surface area contributed by atoms with Crippen LogP contribution in [0.15, 0.2) is 0 Å². The van der Waals surface area contributed by atoms with Crippen molar-refractivity contribution in [2.24, 2.45) is 57.2 Å². The molecule has 0 aromatic rings. The summed E-state index contributed by atoms with van der Waals surface area (Å²) in [5.74, 6) is -2.37. The van der Waals surface area contributed by atoms with Gasteiger partial charge in [0.05, 0.1) is 12.4 Å². The maximum atomic E-state index is 13.6. The van der Waals surface area contributed by atoms with Crippen molar-refractivity contribution in [3.63, 3.8) is 0 Å². The van der Waals surface area contributed by atoms with Crippen LogP contribution in [-0.2, 0) is 47.9 Å². The summed E-state index contributed by atoms with van der Waals surface area (Å²) in [6.45, 7) is 18.5. The Morgan fingerprint density at radius 2 is 0.721 bits per heavy atom. The van der Waals surface area contributed by atoms with Gasteiger partial charge in [-0.2, -0.15) is 0 Å². The number of rotatable bonds is 40. The van der Waals surface area contributed by atoms with Gasteiger partial charge in [0, 0.05) is 58.2 Å². The van der Waals surface area contributed by atoms with Crippen LogP contribution in [0, 0.1) is 57.2 Å². The van der Waals surface area contributed by atoms with Crippen LogP contribution in [0.25, 0.3) is 0 Å². The van der Waals surface area contributed by atoms with Crippen LogP contribution in [-0.4, -0.2) is 135 Å². The molecule has 2 heterocycles. The minimum absolute atomic E-state index is 0. The van der Waals surface area contributed by atoms with Crippen molar-refractivity contribution in [3.05, 3.63) is 0 Å². The molecule has 2 saturated heterocycles. The third-order valence-corrected chi connectivity index (χ3v) is 417. The van der Waals surface area contributed by atoms with Crippen molar-refractivity contribution in [2.75, 3.05) is 37.9 Å². The fourth-order valence-corrected chi connectivity index (χ4v) is 831. The summed E-state index contributed by atoms with van der Waals surface area (Å²) in [5.41, 5.74) is 7.26. The lowest BCUT2D eigenvalue weighted by Crippen LogP contribution is -2.61. The minimum Gasteiger partial charge on any atom is -0.344 e. The summed E-state index contributed by atoms with van der Waals surface area (Å²) in [7, 11) is 103. The average Bonchev–Trinajstić information content (AvgIpc) is 1.53. The zero-order valence-electron chi connectivity index (χ0n) is 73.0. The summed E-state index contributed by atoms with van der Waals surface area (Å²) in [6.07, 6.45) is 6.31. The summed E-state index contributed by atoms with van der Waals surface area (Å²) >= 11 is 15.4. The van der Waals surface area contributed by atoms with E-state index in [1.54, 1.807) is 9.80 Å². The maximum absolute atomic E-state index is 13.6. The molecule has 0 bridgehead atoms. The quantitative estimate of drug-likeness (QED) is 0.0167. The fraction of sp³-hybridized carbons (Fsp3) is 0.804. The second kappa shape index (κ2) is 70.3. The highest BCUT2D eigenvalue weighted by Crippen LogP contribution is 3.48. The van der Waals surface area contributed by atoms with Gasteiger partial charge < -0.3 is 20.4 Å². The molecule has 0 aromatic heterocycles. The zero-order valence-corrected chi connectivity index (χ0v) is 134. The van der Waals surface area contributed by atoms with E-state index in [-0.39, 0.29) is 302 Å². The molecular formula is C51H142Cl3N8O10P57. The number of Topliss-reactive ketones (excluding diaryl/α,β-unsaturated/α-hetero) is 2. The molecule has 0 radical (unpaired) electrons. The van der Waals surface area contributed by atoms with Crippen molar-refractivity contribution >= 4 is 549 Å². The molecule has 43 atom stereocenters.